The maximum absolute atomic E-state index is 10.1. The van der Waals surface area contributed by atoms with E-state index in [1.807, 2.05) is 0 Å². The first-order chi connectivity index (χ1) is 15.6. The van der Waals surface area contributed by atoms with Crippen molar-refractivity contribution in [1.29, 1.82) is 0 Å². The van der Waals surface area contributed by atoms with Gasteiger partial charge in [0.1, 0.15) is 0 Å². The molecule has 6 heteroatoms. The zero-order valence-electron chi connectivity index (χ0n) is 20.5. The molecule has 0 unspecified atom stereocenters. The minimum atomic E-state index is -0.628. The van der Waals surface area contributed by atoms with E-state index < -0.39 is 12.2 Å². The van der Waals surface area contributed by atoms with Gasteiger partial charge in [0.05, 0.1) is 17.9 Å². The van der Waals surface area contributed by atoms with Gasteiger partial charge in [0.15, 0.2) is 5.13 Å². The van der Waals surface area contributed by atoms with Crippen molar-refractivity contribution in [2.45, 2.75) is 101 Å². The third-order valence-corrected chi connectivity index (χ3v) is 9.34. The molecule has 3 atom stereocenters. The number of nitrogens with zero attached hydrogens (tertiary/aromatic N) is 2. The largest absolute Gasteiger partial charge is 0.390 e. The van der Waals surface area contributed by atoms with Crippen LogP contribution in [0, 0.1) is 0 Å². The van der Waals surface area contributed by atoms with Crippen molar-refractivity contribution in [2.24, 2.45) is 0 Å². The molecule has 0 bridgehead atoms. The van der Waals surface area contributed by atoms with Crippen molar-refractivity contribution in [1.82, 2.24) is 10.3 Å². The number of thiazole rings is 1. The van der Waals surface area contributed by atoms with E-state index in [2.05, 4.69) is 61.5 Å². The Morgan fingerprint density at radius 3 is 2.33 bits per heavy atom. The second-order valence-electron chi connectivity index (χ2n) is 11.7. The fraction of sp³-hybridized carbons (Fsp3) is 0.667. The Morgan fingerprint density at radius 2 is 1.67 bits per heavy atom. The van der Waals surface area contributed by atoms with E-state index in [-0.39, 0.29) is 16.9 Å². The molecule has 180 valence electrons. The first-order valence-corrected chi connectivity index (χ1v) is 13.5. The third-order valence-electron chi connectivity index (χ3n) is 8.44. The zero-order chi connectivity index (χ0) is 23.4. The Morgan fingerprint density at radius 1 is 0.970 bits per heavy atom. The minimum Gasteiger partial charge on any atom is -0.390 e. The number of aliphatic hydroxyl groups is 2. The molecule has 2 aliphatic carbocycles. The van der Waals surface area contributed by atoms with Gasteiger partial charge >= 0.3 is 0 Å². The van der Waals surface area contributed by atoms with Crippen LogP contribution in [0.5, 0.6) is 0 Å². The average Bonchev–Trinajstić information content (AvgIpc) is 3.40. The summed E-state index contributed by atoms with van der Waals surface area (Å²) in [6, 6.07) is 7.43. The standard InChI is InChI=1S/C27H39N3O2S/c1-26(2)11-12-27(3,4)20-15-17(5-6-19(20)26)22-16-33-25(29-22)30-13-9-18(10-14-30)28-21-7-8-23(31)24(21)32/h5-6,15-16,18,21,23-24,28,31-32H,7-14H2,1-4H3/t21-,23-,24+/m1/s1. The Bertz CT molecular complexity index is 993. The number of benzene rings is 1. The van der Waals surface area contributed by atoms with Gasteiger partial charge in [-0.2, -0.15) is 0 Å². The van der Waals surface area contributed by atoms with Gasteiger partial charge in [0.2, 0.25) is 0 Å². The molecule has 3 N–H and O–H groups in total. The summed E-state index contributed by atoms with van der Waals surface area (Å²) in [7, 11) is 0. The summed E-state index contributed by atoms with van der Waals surface area (Å²) in [5.41, 5.74) is 5.73. The predicted molar refractivity (Wildman–Crippen MR) is 136 cm³/mol. The minimum absolute atomic E-state index is 0.0289. The number of aliphatic hydroxyl groups excluding tert-OH is 2. The lowest BCUT2D eigenvalue weighted by Gasteiger charge is -2.42. The molecule has 0 spiro atoms. The van der Waals surface area contributed by atoms with Crippen molar-refractivity contribution < 1.29 is 10.2 Å². The van der Waals surface area contributed by atoms with E-state index in [1.165, 1.54) is 29.5 Å². The molecule has 0 amide bonds. The number of piperidine rings is 1. The topological polar surface area (TPSA) is 68.6 Å². The Labute approximate surface area is 202 Å². The van der Waals surface area contributed by atoms with E-state index in [4.69, 9.17) is 4.98 Å². The molecule has 3 aliphatic rings. The smallest absolute Gasteiger partial charge is 0.185 e. The van der Waals surface area contributed by atoms with E-state index in [0.717, 1.165) is 43.2 Å². The predicted octanol–water partition coefficient (Wildman–Crippen LogP) is 4.60. The molecular formula is C27H39N3O2S. The molecule has 2 aromatic rings. The maximum atomic E-state index is 10.1. The van der Waals surface area contributed by atoms with E-state index in [9.17, 15) is 10.2 Å². The number of hydrogen-bond acceptors (Lipinski definition) is 6. The van der Waals surface area contributed by atoms with Crippen molar-refractivity contribution in [3.63, 3.8) is 0 Å². The van der Waals surface area contributed by atoms with Crippen LogP contribution < -0.4 is 10.2 Å². The van der Waals surface area contributed by atoms with Crippen LogP contribution in [0.25, 0.3) is 11.3 Å². The lowest BCUT2D eigenvalue weighted by molar-refractivity contribution is 0.0276. The maximum Gasteiger partial charge on any atom is 0.185 e. The molecule has 1 aromatic carbocycles. The highest BCUT2D eigenvalue weighted by Crippen LogP contribution is 2.47. The van der Waals surface area contributed by atoms with Crippen LogP contribution in [-0.4, -0.2) is 52.6 Å². The summed E-state index contributed by atoms with van der Waals surface area (Å²) in [4.78, 5) is 7.44. The summed E-state index contributed by atoms with van der Waals surface area (Å²) in [5, 5.41) is 26.8. The summed E-state index contributed by atoms with van der Waals surface area (Å²) in [6.07, 6.45) is 4.88. The van der Waals surface area contributed by atoms with Crippen molar-refractivity contribution in [3.8, 4) is 11.3 Å². The number of hydrogen-bond donors (Lipinski definition) is 3. The summed E-state index contributed by atoms with van der Waals surface area (Å²) >= 11 is 1.74. The molecular weight excluding hydrogens is 430 g/mol. The van der Waals surface area contributed by atoms with Gasteiger partial charge in [-0.15, -0.1) is 11.3 Å². The highest BCUT2D eigenvalue weighted by molar-refractivity contribution is 7.14. The monoisotopic (exact) mass is 469 g/mol. The number of anilines is 1. The van der Waals surface area contributed by atoms with E-state index in [0.29, 0.717) is 12.5 Å². The lowest BCUT2D eigenvalue weighted by Crippen LogP contribution is -2.49. The Kier molecular flexibility index (Phi) is 6.09. The molecule has 5 rings (SSSR count). The average molecular weight is 470 g/mol. The zero-order valence-corrected chi connectivity index (χ0v) is 21.3. The van der Waals surface area contributed by atoms with Crippen LogP contribution in [0.4, 0.5) is 5.13 Å². The first kappa shape index (κ1) is 23.3. The van der Waals surface area contributed by atoms with Gasteiger partial charge in [-0.25, -0.2) is 4.98 Å². The molecule has 1 aromatic heterocycles. The highest BCUT2D eigenvalue weighted by Gasteiger charge is 2.37. The molecule has 2 fully saturated rings. The molecule has 0 radical (unpaired) electrons. The summed E-state index contributed by atoms with van der Waals surface area (Å²) in [5.74, 6) is 0. The first-order valence-electron chi connectivity index (χ1n) is 12.6. The Hall–Kier alpha value is -1.47. The quantitative estimate of drug-likeness (QED) is 0.611. The summed E-state index contributed by atoms with van der Waals surface area (Å²) in [6.45, 7) is 11.4. The van der Waals surface area contributed by atoms with Crippen molar-refractivity contribution in [2.75, 3.05) is 18.0 Å². The number of aromatic nitrogens is 1. The second kappa shape index (κ2) is 8.63. The van der Waals surface area contributed by atoms with Gasteiger partial charge in [0.25, 0.3) is 0 Å². The SMILES string of the molecule is CC1(C)CCC(C)(C)c2cc(-c3csc(N4CCC(N[C@@H]5CC[C@@H](O)[C@H]5O)CC4)n3)ccc21. The fourth-order valence-electron chi connectivity index (χ4n) is 5.97. The number of nitrogens with one attached hydrogen (secondary N) is 1. The number of fused-ring (bicyclic) bond motifs is 1. The van der Waals surface area contributed by atoms with Gasteiger partial charge < -0.3 is 20.4 Å². The van der Waals surface area contributed by atoms with Crippen molar-refractivity contribution >= 4 is 16.5 Å². The summed E-state index contributed by atoms with van der Waals surface area (Å²) < 4.78 is 0. The normalized spacial score (nSPS) is 29.3. The van der Waals surface area contributed by atoms with Gasteiger partial charge in [-0.1, -0.05) is 39.8 Å². The van der Waals surface area contributed by atoms with Gasteiger partial charge in [-0.05, 0) is 66.5 Å². The van der Waals surface area contributed by atoms with Gasteiger partial charge in [0, 0.05) is 36.1 Å². The Balaban J connectivity index is 1.26. The van der Waals surface area contributed by atoms with E-state index in [1.54, 1.807) is 11.3 Å². The molecule has 1 saturated carbocycles. The molecule has 2 heterocycles. The van der Waals surface area contributed by atoms with Crippen LogP contribution >= 0.6 is 11.3 Å². The third kappa shape index (κ3) is 4.47. The molecule has 33 heavy (non-hydrogen) atoms. The van der Waals surface area contributed by atoms with Gasteiger partial charge in [-0.3, -0.25) is 0 Å². The van der Waals surface area contributed by atoms with Crippen LogP contribution in [0.2, 0.25) is 0 Å². The lowest BCUT2D eigenvalue weighted by atomic mass is 9.63. The second-order valence-corrected chi connectivity index (χ2v) is 12.5. The molecule has 1 saturated heterocycles. The van der Waals surface area contributed by atoms with E-state index >= 15 is 0 Å². The van der Waals surface area contributed by atoms with Crippen LogP contribution in [0.1, 0.15) is 77.3 Å². The van der Waals surface area contributed by atoms with Crippen LogP contribution in [0.15, 0.2) is 23.6 Å². The molecule has 1 aliphatic heterocycles. The molecule has 5 nitrogen and oxygen atoms in total. The van der Waals surface area contributed by atoms with Crippen LogP contribution in [-0.2, 0) is 10.8 Å². The number of rotatable bonds is 4. The van der Waals surface area contributed by atoms with Crippen LogP contribution in [0.3, 0.4) is 0 Å². The fourth-order valence-corrected chi connectivity index (χ4v) is 6.86. The van der Waals surface area contributed by atoms with Crippen molar-refractivity contribution in [3.05, 3.63) is 34.7 Å². The highest BCUT2D eigenvalue weighted by atomic mass is 32.1.